The number of carbonyl (C=O) groups is 3. The van der Waals surface area contributed by atoms with Crippen LogP contribution >= 0.6 is 0 Å². The van der Waals surface area contributed by atoms with Crippen LogP contribution in [0.15, 0.2) is 132 Å². The number of ether oxygens (including phenoxy) is 2. The summed E-state index contributed by atoms with van der Waals surface area (Å²) in [5.74, 6) is -0.463. The molecule has 6 aromatic rings. The van der Waals surface area contributed by atoms with E-state index in [-0.39, 0.29) is 29.0 Å². The Kier molecular flexibility index (Phi) is 10.7. The minimum atomic E-state index is -4.13. The van der Waals surface area contributed by atoms with E-state index in [4.69, 9.17) is 9.47 Å². The van der Waals surface area contributed by atoms with Crippen molar-refractivity contribution in [1.29, 1.82) is 0 Å². The molecule has 11 nitrogen and oxygen atoms in total. The van der Waals surface area contributed by atoms with Gasteiger partial charge in [-0.2, -0.15) is 0 Å². The van der Waals surface area contributed by atoms with Gasteiger partial charge in [0.15, 0.2) is 0 Å². The Bertz CT molecular complexity index is 2440. The molecule has 0 aliphatic heterocycles. The van der Waals surface area contributed by atoms with Crippen molar-refractivity contribution in [2.75, 3.05) is 17.3 Å². The number of nitrogens with one attached hydrogen (secondary N) is 2. The van der Waals surface area contributed by atoms with E-state index < -0.39 is 22.0 Å². The third-order valence-corrected chi connectivity index (χ3v) is 11.2. The van der Waals surface area contributed by atoms with E-state index in [0.29, 0.717) is 44.8 Å². The molecule has 0 radical (unpaired) electrons. The van der Waals surface area contributed by atoms with Crippen LogP contribution in [-0.4, -0.2) is 44.2 Å². The second-order valence-electron chi connectivity index (χ2n) is 13.4. The molecule has 280 valence electrons. The molecule has 0 unspecified atom stereocenters. The van der Waals surface area contributed by atoms with Crippen LogP contribution in [0.4, 0.5) is 26.7 Å². The number of rotatable bonds is 10. The lowest BCUT2D eigenvalue weighted by Gasteiger charge is -2.23. The molecule has 5 aromatic carbocycles. The Hall–Kier alpha value is -6.40. The SMILES string of the molecule is COc1cc(C(=O)NS(=O)(=O)c2ccccc2C)ccc1Cc1cn(C(=O)N(c2ccccc2)c2ccccc2)c2ccc(NC(=O)OC3CCCC3)cc12. The maximum atomic E-state index is 14.6. The summed E-state index contributed by atoms with van der Waals surface area (Å²) in [6, 6.07) is 34.8. The summed E-state index contributed by atoms with van der Waals surface area (Å²) in [6.07, 6.45) is 5.11. The van der Waals surface area contributed by atoms with E-state index >= 15 is 0 Å². The third-order valence-electron chi connectivity index (χ3n) is 9.68. The molecule has 0 atom stereocenters. The number of aryl methyl sites for hydroxylation is 1. The number of carbonyl (C=O) groups excluding carboxylic acids is 3. The summed E-state index contributed by atoms with van der Waals surface area (Å²) in [5, 5.41) is 3.55. The van der Waals surface area contributed by atoms with Crippen LogP contribution in [0.25, 0.3) is 10.9 Å². The lowest BCUT2D eigenvalue weighted by Crippen LogP contribution is -2.31. The van der Waals surface area contributed by atoms with Crippen LogP contribution < -0.4 is 19.7 Å². The summed E-state index contributed by atoms with van der Waals surface area (Å²) >= 11 is 0. The van der Waals surface area contributed by atoms with Gasteiger partial charge in [-0.05, 0) is 110 Å². The van der Waals surface area contributed by atoms with Crippen molar-refractivity contribution in [1.82, 2.24) is 9.29 Å². The first-order valence-electron chi connectivity index (χ1n) is 18.0. The van der Waals surface area contributed by atoms with Crippen LogP contribution in [-0.2, 0) is 21.2 Å². The summed E-state index contributed by atoms with van der Waals surface area (Å²) in [6.45, 7) is 1.66. The topological polar surface area (TPSA) is 136 Å². The van der Waals surface area contributed by atoms with E-state index in [1.54, 1.807) is 59.0 Å². The smallest absolute Gasteiger partial charge is 0.411 e. The molecule has 7 rings (SSSR count). The van der Waals surface area contributed by atoms with Gasteiger partial charge in [0.1, 0.15) is 11.9 Å². The summed E-state index contributed by atoms with van der Waals surface area (Å²) < 4.78 is 41.2. The number of para-hydroxylation sites is 2. The first-order valence-corrected chi connectivity index (χ1v) is 19.5. The molecule has 1 aliphatic rings. The van der Waals surface area contributed by atoms with Crippen molar-refractivity contribution in [3.63, 3.8) is 0 Å². The zero-order chi connectivity index (χ0) is 38.5. The highest BCUT2D eigenvalue weighted by atomic mass is 32.2. The van der Waals surface area contributed by atoms with E-state index in [9.17, 15) is 22.8 Å². The Morgan fingerprint density at radius 2 is 1.45 bits per heavy atom. The van der Waals surface area contributed by atoms with Gasteiger partial charge < -0.3 is 9.47 Å². The number of nitrogens with zero attached hydrogens (tertiary/aromatic N) is 2. The van der Waals surface area contributed by atoms with Gasteiger partial charge in [0, 0.05) is 29.3 Å². The van der Waals surface area contributed by atoms with Crippen LogP contribution in [0.2, 0.25) is 0 Å². The van der Waals surface area contributed by atoms with Gasteiger partial charge in [-0.3, -0.25) is 19.6 Å². The number of aromatic nitrogens is 1. The lowest BCUT2D eigenvalue weighted by atomic mass is 10.0. The Balaban J connectivity index is 1.24. The molecule has 1 aliphatic carbocycles. The molecule has 2 N–H and O–H groups in total. The molecule has 1 saturated carbocycles. The van der Waals surface area contributed by atoms with Gasteiger partial charge in [-0.25, -0.2) is 22.7 Å². The van der Waals surface area contributed by atoms with Crippen molar-refractivity contribution in [2.45, 2.75) is 50.0 Å². The largest absolute Gasteiger partial charge is 0.496 e. The van der Waals surface area contributed by atoms with Gasteiger partial charge in [-0.15, -0.1) is 0 Å². The lowest BCUT2D eigenvalue weighted by molar-refractivity contribution is 0.0980. The minimum Gasteiger partial charge on any atom is -0.496 e. The maximum Gasteiger partial charge on any atom is 0.411 e. The maximum absolute atomic E-state index is 14.6. The summed E-state index contributed by atoms with van der Waals surface area (Å²) in [7, 11) is -2.67. The second kappa shape index (κ2) is 15.9. The van der Waals surface area contributed by atoms with E-state index in [1.807, 2.05) is 66.7 Å². The molecule has 0 spiro atoms. The fourth-order valence-corrected chi connectivity index (χ4v) is 8.16. The molecule has 55 heavy (non-hydrogen) atoms. The number of methoxy groups -OCH3 is 1. The van der Waals surface area contributed by atoms with Gasteiger partial charge in [0.25, 0.3) is 15.9 Å². The number of hydrogen-bond acceptors (Lipinski definition) is 7. The molecule has 3 amide bonds. The number of hydrogen-bond donors (Lipinski definition) is 2. The number of benzene rings is 5. The van der Waals surface area contributed by atoms with E-state index in [2.05, 4.69) is 10.0 Å². The van der Waals surface area contributed by atoms with Gasteiger partial charge in [-0.1, -0.05) is 60.7 Å². The molecule has 1 aromatic heterocycles. The Morgan fingerprint density at radius 1 is 0.800 bits per heavy atom. The predicted octanol–water partition coefficient (Wildman–Crippen LogP) is 8.97. The highest BCUT2D eigenvalue weighted by molar-refractivity contribution is 7.90. The van der Waals surface area contributed by atoms with Gasteiger partial charge in [0.05, 0.1) is 28.9 Å². The molecule has 1 fully saturated rings. The first kappa shape index (κ1) is 36.9. The van der Waals surface area contributed by atoms with Crippen molar-refractivity contribution >= 4 is 56.0 Å². The second-order valence-corrected chi connectivity index (χ2v) is 15.0. The molecule has 0 bridgehead atoms. The van der Waals surface area contributed by atoms with Crippen LogP contribution in [0.3, 0.4) is 0 Å². The molecule has 0 saturated heterocycles. The molecular weight excluding hydrogens is 717 g/mol. The zero-order valence-corrected chi connectivity index (χ0v) is 31.2. The van der Waals surface area contributed by atoms with Crippen molar-refractivity contribution in [3.05, 3.63) is 150 Å². The predicted molar refractivity (Wildman–Crippen MR) is 212 cm³/mol. The number of fused-ring (bicyclic) bond motifs is 1. The van der Waals surface area contributed by atoms with Crippen LogP contribution in [0.5, 0.6) is 5.75 Å². The van der Waals surface area contributed by atoms with Crippen molar-refractivity contribution in [2.24, 2.45) is 0 Å². The highest BCUT2D eigenvalue weighted by Gasteiger charge is 2.25. The highest BCUT2D eigenvalue weighted by Crippen LogP contribution is 2.33. The Labute approximate surface area is 319 Å². The summed E-state index contributed by atoms with van der Waals surface area (Å²) in [4.78, 5) is 42.4. The molecule has 1 heterocycles. The average Bonchev–Trinajstić information content (AvgIpc) is 3.83. The number of sulfonamides is 1. The van der Waals surface area contributed by atoms with Gasteiger partial charge in [0.2, 0.25) is 0 Å². The normalized spacial score (nSPS) is 13.0. The fourth-order valence-electron chi connectivity index (χ4n) is 6.94. The van der Waals surface area contributed by atoms with Gasteiger partial charge >= 0.3 is 12.1 Å². The minimum absolute atomic E-state index is 0.0108. The molecular formula is C43H40N4O7S. The van der Waals surface area contributed by atoms with E-state index in [0.717, 1.165) is 31.2 Å². The summed E-state index contributed by atoms with van der Waals surface area (Å²) in [5.41, 5.74) is 4.45. The third kappa shape index (κ3) is 8.09. The van der Waals surface area contributed by atoms with Crippen molar-refractivity contribution in [3.8, 4) is 5.75 Å². The Morgan fingerprint density at radius 3 is 2.11 bits per heavy atom. The monoisotopic (exact) mass is 756 g/mol. The number of amides is 3. The molecule has 12 heteroatoms. The van der Waals surface area contributed by atoms with Crippen LogP contribution in [0, 0.1) is 6.92 Å². The van der Waals surface area contributed by atoms with Crippen LogP contribution in [0.1, 0.15) is 52.7 Å². The quantitative estimate of drug-likeness (QED) is 0.142. The first-order chi connectivity index (χ1) is 26.6. The van der Waals surface area contributed by atoms with Crippen molar-refractivity contribution < 1.29 is 32.3 Å². The zero-order valence-electron chi connectivity index (χ0n) is 30.4. The van der Waals surface area contributed by atoms with E-state index in [1.165, 1.54) is 25.3 Å². The number of anilines is 3. The fraction of sp³-hybridized carbons (Fsp3) is 0.186. The standard InChI is InChI=1S/C43H40N4O7S/c1-29-13-9-12-20-40(29)55(51,52)45-41(48)31-22-21-30(39(26-31)53-2)25-32-28-46(43(50)47(34-14-5-3-6-15-34)35-16-7-4-8-17-35)38-24-23-33(27-37(32)38)44-42(49)54-36-18-10-11-19-36/h3-9,12-17,20-24,26-28,36H,10-11,18-19,25H2,1-2H3,(H,44,49)(H,45,48). The average molecular weight is 757 g/mol.